The number of benzene rings is 1. The molecule has 188 valence electrons. The fourth-order valence-electron chi connectivity index (χ4n) is 5.97. The van der Waals surface area contributed by atoms with Crippen LogP contribution in [0.5, 0.6) is 5.75 Å². The summed E-state index contributed by atoms with van der Waals surface area (Å²) in [5, 5.41) is 26.3. The number of aromatic hydroxyl groups is 1. The highest BCUT2D eigenvalue weighted by molar-refractivity contribution is 5.92. The Kier molecular flexibility index (Phi) is 5.40. The molecule has 3 aliphatic heterocycles. The fraction of sp³-hybridized carbons (Fsp3) is 0.444. The highest BCUT2D eigenvalue weighted by Crippen LogP contribution is 2.42. The van der Waals surface area contributed by atoms with Crippen LogP contribution < -0.4 is 10.9 Å². The van der Waals surface area contributed by atoms with Crippen molar-refractivity contribution in [2.75, 3.05) is 26.2 Å². The van der Waals surface area contributed by atoms with Gasteiger partial charge in [-0.2, -0.15) is 0 Å². The molecule has 0 unspecified atom stereocenters. The van der Waals surface area contributed by atoms with E-state index in [1.165, 1.54) is 0 Å². The van der Waals surface area contributed by atoms with Crippen LogP contribution in [-0.4, -0.2) is 56.8 Å². The third kappa shape index (κ3) is 3.23. The number of ether oxygens (including phenoxy) is 1. The standard InChI is InChI=1S/C27H30N4O5/c1-3-15-16-13-31-21(11-19-18(25(31)33)14-36-26(34)27(19,35)4-2)24(16)29-20-5-6-22(32)17(23(15)20)12-30-9-7-28-8-10-30/h5-6,11,28,32,35H,3-4,7-10,12-14H2,1-2H3/t27-/m0/s1. The maximum Gasteiger partial charge on any atom is 0.343 e. The molecule has 3 N–H and O–H groups in total. The number of nitrogens with one attached hydrogen (secondary N) is 1. The number of phenols is 1. The van der Waals surface area contributed by atoms with Crippen LogP contribution in [0.25, 0.3) is 22.3 Å². The highest BCUT2D eigenvalue weighted by Gasteiger charge is 2.45. The lowest BCUT2D eigenvalue weighted by atomic mass is 9.86. The third-order valence-corrected chi connectivity index (χ3v) is 8.00. The number of pyridine rings is 2. The number of aryl methyl sites for hydroxylation is 1. The zero-order valence-corrected chi connectivity index (χ0v) is 20.6. The molecule has 5 heterocycles. The summed E-state index contributed by atoms with van der Waals surface area (Å²) in [5.74, 6) is -0.474. The highest BCUT2D eigenvalue weighted by atomic mass is 16.6. The van der Waals surface area contributed by atoms with Gasteiger partial charge in [0.05, 0.1) is 29.0 Å². The average Bonchev–Trinajstić information content (AvgIpc) is 3.26. The van der Waals surface area contributed by atoms with Gasteiger partial charge >= 0.3 is 5.97 Å². The minimum atomic E-state index is -1.85. The van der Waals surface area contributed by atoms with Crippen molar-refractivity contribution in [2.24, 2.45) is 0 Å². The Morgan fingerprint density at radius 3 is 2.64 bits per heavy atom. The predicted octanol–water partition coefficient (Wildman–Crippen LogP) is 1.75. The minimum absolute atomic E-state index is 0.106. The van der Waals surface area contributed by atoms with Gasteiger partial charge in [-0.1, -0.05) is 13.8 Å². The van der Waals surface area contributed by atoms with Crippen molar-refractivity contribution in [1.29, 1.82) is 0 Å². The largest absolute Gasteiger partial charge is 0.508 e. The number of phenolic OH excluding ortho intramolecular Hbond substituents is 1. The number of rotatable bonds is 4. The van der Waals surface area contributed by atoms with E-state index in [0.29, 0.717) is 42.0 Å². The molecule has 36 heavy (non-hydrogen) atoms. The predicted molar refractivity (Wildman–Crippen MR) is 134 cm³/mol. The van der Waals surface area contributed by atoms with Gasteiger partial charge in [0, 0.05) is 54.8 Å². The molecule has 0 bridgehead atoms. The van der Waals surface area contributed by atoms with E-state index in [0.717, 1.165) is 53.8 Å². The zero-order chi connectivity index (χ0) is 25.2. The van der Waals surface area contributed by atoms with Crippen LogP contribution >= 0.6 is 0 Å². The van der Waals surface area contributed by atoms with Crippen molar-refractivity contribution in [2.45, 2.75) is 52.0 Å². The Morgan fingerprint density at radius 1 is 1.14 bits per heavy atom. The Hall–Kier alpha value is -3.27. The topological polar surface area (TPSA) is 117 Å². The quantitative estimate of drug-likeness (QED) is 0.371. The first kappa shape index (κ1) is 23.1. The van der Waals surface area contributed by atoms with E-state index < -0.39 is 11.6 Å². The lowest BCUT2D eigenvalue weighted by Crippen LogP contribution is -2.44. The molecule has 3 aromatic rings. The monoisotopic (exact) mass is 490 g/mol. The van der Waals surface area contributed by atoms with Crippen LogP contribution in [0, 0.1) is 0 Å². The molecule has 1 atom stereocenters. The molecular formula is C27H30N4O5. The number of nitrogens with zero attached hydrogens (tertiary/aromatic N) is 3. The summed E-state index contributed by atoms with van der Waals surface area (Å²) in [6.45, 7) is 8.25. The first-order valence-corrected chi connectivity index (χ1v) is 12.6. The van der Waals surface area contributed by atoms with Gasteiger partial charge < -0.3 is 24.8 Å². The van der Waals surface area contributed by atoms with Crippen LogP contribution in [0.15, 0.2) is 23.0 Å². The van der Waals surface area contributed by atoms with E-state index in [2.05, 4.69) is 17.1 Å². The number of aromatic nitrogens is 2. The molecule has 1 aromatic carbocycles. The van der Waals surface area contributed by atoms with Crippen LogP contribution in [-0.2, 0) is 41.2 Å². The molecule has 0 spiro atoms. The number of esters is 1. The van der Waals surface area contributed by atoms with Gasteiger partial charge in [-0.15, -0.1) is 0 Å². The number of aliphatic hydroxyl groups is 1. The maximum absolute atomic E-state index is 13.5. The van der Waals surface area contributed by atoms with Crippen LogP contribution in [0.1, 0.15) is 48.1 Å². The summed E-state index contributed by atoms with van der Waals surface area (Å²) >= 11 is 0. The van der Waals surface area contributed by atoms with Crippen molar-refractivity contribution >= 4 is 16.9 Å². The van der Waals surface area contributed by atoms with E-state index in [1.807, 2.05) is 6.07 Å². The molecule has 2 aromatic heterocycles. The van der Waals surface area contributed by atoms with Crippen LogP contribution in [0.4, 0.5) is 0 Å². The number of carbonyl (C=O) groups excluding carboxylic acids is 1. The number of carbonyl (C=O) groups is 1. The molecule has 9 heteroatoms. The van der Waals surface area contributed by atoms with Crippen molar-refractivity contribution in [3.8, 4) is 17.1 Å². The Balaban J connectivity index is 1.56. The summed E-state index contributed by atoms with van der Waals surface area (Å²) in [6.07, 6.45) is 0.816. The van der Waals surface area contributed by atoms with Gasteiger partial charge in [0.1, 0.15) is 12.4 Å². The molecule has 6 rings (SSSR count). The first-order chi connectivity index (χ1) is 17.4. The fourth-order valence-corrected chi connectivity index (χ4v) is 5.97. The maximum atomic E-state index is 13.5. The lowest BCUT2D eigenvalue weighted by Gasteiger charge is -2.31. The molecule has 0 radical (unpaired) electrons. The van der Waals surface area contributed by atoms with Crippen LogP contribution in [0.3, 0.4) is 0 Å². The normalized spacial score (nSPS) is 21.2. The Bertz CT molecular complexity index is 1470. The summed E-state index contributed by atoms with van der Waals surface area (Å²) in [6, 6.07) is 5.26. The van der Waals surface area contributed by atoms with Gasteiger partial charge in [0.25, 0.3) is 5.56 Å². The van der Waals surface area contributed by atoms with Gasteiger partial charge in [-0.25, -0.2) is 9.78 Å². The Labute approximate surface area is 208 Å². The molecule has 1 saturated heterocycles. The van der Waals surface area contributed by atoms with Crippen molar-refractivity contribution in [1.82, 2.24) is 19.8 Å². The second kappa shape index (κ2) is 8.40. The van der Waals surface area contributed by atoms with Crippen molar-refractivity contribution in [3.05, 3.63) is 56.4 Å². The van der Waals surface area contributed by atoms with Crippen molar-refractivity contribution in [3.63, 3.8) is 0 Å². The molecular weight excluding hydrogens is 460 g/mol. The molecule has 1 fully saturated rings. The number of fused-ring (bicyclic) bond motifs is 5. The second-order valence-electron chi connectivity index (χ2n) is 9.86. The number of cyclic esters (lactones) is 1. The number of hydrogen-bond acceptors (Lipinski definition) is 8. The second-order valence-corrected chi connectivity index (χ2v) is 9.86. The zero-order valence-electron chi connectivity index (χ0n) is 20.6. The summed E-state index contributed by atoms with van der Waals surface area (Å²) in [7, 11) is 0. The van der Waals surface area contributed by atoms with E-state index >= 15 is 0 Å². The van der Waals surface area contributed by atoms with Gasteiger partial charge in [0.15, 0.2) is 5.60 Å². The van der Waals surface area contributed by atoms with Gasteiger partial charge in [-0.05, 0) is 36.6 Å². The number of piperazine rings is 1. The van der Waals surface area contributed by atoms with E-state index in [4.69, 9.17) is 9.72 Å². The minimum Gasteiger partial charge on any atom is -0.508 e. The Morgan fingerprint density at radius 2 is 1.92 bits per heavy atom. The summed E-state index contributed by atoms with van der Waals surface area (Å²) in [4.78, 5) is 33.3. The smallest absolute Gasteiger partial charge is 0.343 e. The average molecular weight is 491 g/mol. The SMILES string of the molecule is CCc1c2c(nc3ccc(O)c(CN4CCNCC4)c13)-c1cc3c(c(=O)n1C2)COC(=O)[C@]3(O)CC. The molecule has 3 aliphatic rings. The van der Waals surface area contributed by atoms with Crippen molar-refractivity contribution < 1.29 is 19.7 Å². The number of hydrogen-bond donors (Lipinski definition) is 3. The first-order valence-electron chi connectivity index (χ1n) is 12.6. The third-order valence-electron chi connectivity index (χ3n) is 8.00. The summed E-state index contributed by atoms with van der Waals surface area (Å²) < 4.78 is 6.85. The summed E-state index contributed by atoms with van der Waals surface area (Å²) in [5.41, 5.74) is 3.44. The molecule has 0 saturated carbocycles. The lowest BCUT2D eigenvalue weighted by molar-refractivity contribution is -0.172. The van der Waals surface area contributed by atoms with Gasteiger partial charge in [0.2, 0.25) is 0 Å². The molecule has 0 amide bonds. The molecule has 9 nitrogen and oxygen atoms in total. The van der Waals surface area contributed by atoms with Gasteiger partial charge in [-0.3, -0.25) is 9.69 Å². The van der Waals surface area contributed by atoms with E-state index in [1.54, 1.807) is 23.6 Å². The van der Waals surface area contributed by atoms with Crippen LogP contribution in [0.2, 0.25) is 0 Å². The van der Waals surface area contributed by atoms with E-state index in [9.17, 15) is 19.8 Å². The molecule has 0 aliphatic carbocycles. The van der Waals surface area contributed by atoms with E-state index in [-0.39, 0.29) is 24.3 Å².